The first-order valence-electron chi connectivity index (χ1n) is 7.67. The van der Waals surface area contributed by atoms with Crippen LogP contribution in [0.15, 0.2) is 46.9 Å². The zero-order valence-electron chi connectivity index (χ0n) is 13.6. The molecule has 0 saturated carbocycles. The lowest BCUT2D eigenvalue weighted by atomic mass is 9.95. The summed E-state index contributed by atoms with van der Waals surface area (Å²) in [7, 11) is 0. The zero-order valence-corrected chi connectivity index (χ0v) is 15.2. The number of rotatable bonds is 6. The van der Waals surface area contributed by atoms with Gasteiger partial charge in [0.05, 0.1) is 0 Å². The number of anilines is 1. The summed E-state index contributed by atoms with van der Waals surface area (Å²) in [4.78, 5) is 23.5. The second kappa shape index (κ2) is 8.11. The molecule has 126 valence electrons. The van der Waals surface area contributed by atoms with E-state index in [1.807, 2.05) is 44.2 Å². The van der Waals surface area contributed by atoms with E-state index in [1.165, 1.54) is 0 Å². The Balaban J connectivity index is 2.01. The molecule has 0 spiro atoms. The van der Waals surface area contributed by atoms with Crippen LogP contribution in [0.1, 0.15) is 23.1 Å². The first kappa shape index (κ1) is 18.2. The normalized spacial score (nSPS) is 11.8. The minimum absolute atomic E-state index is 0.123. The van der Waals surface area contributed by atoms with Crippen LogP contribution in [0.2, 0.25) is 0 Å². The van der Waals surface area contributed by atoms with Crippen LogP contribution >= 0.6 is 15.9 Å². The first-order valence-corrected chi connectivity index (χ1v) is 8.47. The number of benzene rings is 2. The van der Waals surface area contributed by atoms with Crippen molar-refractivity contribution in [1.82, 2.24) is 0 Å². The molecule has 1 atom stereocenters. The summed E-state index contributed by atoms with van der Waals surface area (Å²) in [6.07, 6.45) is 0.148. The highest BCUT2D eigenvalue weighted by Gasteiger charge is 2.16. The average Bonchev–Trinajstić information content (AvgIpc) is 2.52. The van der Waals surface area contributed by atoms with Gasteiger partial charge >= 0.3 is 0 Å². The summed E-state index contributed by atoms with van der Waals surface area (Å²) in [5.74, 6) is -2.41. The second-order valence-electron chi connectivity index (χ2n) is 5.92. The molecule has 5 heteroatoms. The Morgan fingerprint density at radius 2 is 1.79 bits per heavy atom. The summed E-state index contributed by atoms with van der Waals surface area (Å²) >= 11 is 3.40. The van der Waals surface area contributed by atoms with Crippen LogP contribution in [0, 0.1) is 19.8 Å². The molecule has 1 amide bonds. The number of carboxylic acid groups (broad SMARTS) is 1. The molecular weight excluding hydrogens is 370 g/mol. The van der Waals surface area contributed by atoms with Gasteiger partial charge in [-0.3, -0.25) is 4.79 Å². The van der Waals surface area contributed by atoms with Gasteiger partial charge in [-0.05, 0) is 43.5 Å². The van der Waals surface area contributed by atoms with Gasteiger partial charge in [-0.1, -0.05) is 51.8 Å². The van der Waals surface area contributed by atoms with E-state index in [1.54, 1.807) is 12.1 Å². The van der Waals surface area contributed by atoms with Crippen molar-refractivity contribution >= 4 is 33.5 Å². The number of carbonyl (C=O) groups excluding carboxylic acids is 2. The van der Waals surface area contributed by atoms with Gasteiger partial charge in [-0.2, -0.15) is 0 Å². The molecular formula is C19H19BrNO3-. The van der Waals surface area contributed by atoms with E-state index in [0.717, 1.165) is 21.2 Å². The van der Waals surface area contributed by atoms with Crippen LogP contribution < -0.4 is 10.4 Å². The molecule has 2 aromatic carbocycles. The van der Waals surface area contributed by atoms with Crippen LogP contribution in [0.3, 0.4) is 0 Å². The van der Waals surface area contributed by atoms with Crippen LogP contribution in [-0.2, 0) is 16.0 Å². The highest BCUT2D eigenvalue weighted by Crippen LogP contribution is 2.21. The zero-order chi connectivity index (χ0) is 17.7. The van der Waals surface area contributed by atoms with Gasteiger partial charge in [-0.15, -0.1) is 0 Å². The summed E-state index contributed by atoms with van der Waals surface area (Å²) in [6.45, 7) is 3.91. The maximum Gasteiger partial charge on any atom is 0.225 e. The Labute approximate surface area is 150 Å². The Morgan fingerprint density at radius 3 is 2.38 bits per heavy atom. The molecule has 0 heterocycles. The summed E-state index contributed by atoms with van der Waals surface area (Å²) in [6, 6.07) is 13.0. The first-order chi connectivity index (χ1) is 11.3. The third kappa shape index (κ3) is 5.20. The molecule has 0 aliphatic rings. The van der Waals surface area contributed by atoms with Crippen LogP contribution in [0.5, 0.6) is 0 Å². The number of nitrogens with one attached hydrogen (secondary N) is 1. The topological polar surface area (TPSA) is 69.2 Å². The molecule has 0 fully saturated rings. The Kier molecular flexibility index (Phi) is 6.15. The molecule has 2 aromatic rings. The number of hydrogen-bond acceptors (Lipinski definition) is 3. The molecule has 0 saturated heterocycles. The van der Waals surface area contributed by atoms with E-state index in [-0.39, 0.29) is 18.7 Å². The minimum atomic E-state index is -1.21. The Morgan fingerprint density at radius 1 is 1.12 bits per heavy atom. The number of aliphatic carboxylic acids is 1. The van der Waals surface area contributed by atoms with E-state index in [2.05, 4.69) is 21.2 Å². The van der Waals surface area contributed by atoms with Crippen molar-refractivity contribution < 1.29 is 14.7 Å². The quantitative estimate of drug-likeness (QED) is 0.826. The van der Waals surface area contributed by atoms with Crippen molar-refractivity contribution in [3.8, 4) is 0 Å². The molecule has 2 rings (SSSR count). The van der Waals surface area contributed by atoms with Crippen molar-refractivity contribution in [2.75, 3.05) is 5.32 Å². The number of hydrogen-bond donors (Lipinski definition) is 1. The van der Waals surface area contributed by atoms with E-state index in [9.17, 15) is 14.7 Å². The maximum absolute atomic E-state index is 12.2. The van der Waals surface area contributed by atoms with E-state index in [4.69, 9.17) is 0 Å². The highest BCUT2D eigenvalue weighted by atomic mass is 79.9. The molecule has 4 nitrogen and oxygen atoms in total. The fourth-order valence-electron chi connectivity index (χ4n) is 2.35. The highest BCUT2D eigenvalue weighted by molar-refractivity contribution is 9.10. The molecule has 24 heavy (non-hydrogen) atoms. The summed E-state index contributed by atoms with van der Waals surface area (Å²) in [5.41, 5.74) is 3.66. The molecule has 0 radical (unpaired) electrons. The van der Waals surface area contributed by atoms with Gasteiger partial charge in [0.1, 0.15) is 0 Å². The van der Waals surface area contributed by atoms with Gasteiger partial charge in [0.15, 0.2) is 0 Å². The minimum Gasteiger partial charge on any atom is -0.550 e. The second-order valence-corrected chi connectivity index (χ2v) is 6.78. The lowest BCUT2D eigenvalue weighted by Gasteiger charge is -2.18. The fourth-order valence-corrected chi connectivity index (χ4v) is 2.73. The molecule has 0 aliphatic heterocycles. The van der Waals surface area contributed by atoms with Crippen molar-refractivity contribution in [1.29, 1.82) is 0 Å². The lowest BCUT2D eigenvalue weighted by molar-refractivity contribution is -0.311. The van der Waals surface area contributed by atoms with Gasteiger partial charge in [0.25, 0.3) is 0 Å². The van der Waals surface area contributed by atoms with Gasteiger partial charge in [0, 0.05) is 28.5 Å². The summed E-state index contributed by atoms with van der Waals surface area (Å²) < 4.78 is 0.886. The van der Waals surface area contributed by atoms with Crippen molar-refractivity contribution in [2.24, 2.45) is 5.92 Å². The Bertz CT molecular complexity index is 741. The van der Waals surface area contributed by atoms with E-state index >= 15 is 0 Å². The molecule has 0 aliphatic carbocycles. The summed E-state index contributed by atoms with van der Waals surface area (Å²) in [5, 5.41) is 14.1. The number of amides is 1. The number of carbonyl (C=O) groups is 2. The third-order valence-corrected chi connectivity index (χ3v) is 4.68. The number of halogens is 1. The van der Waals surface area contributed by atoms with E-state index < -0.39 is 11.9 Å². The largest absolute Gasteiger partial charge is 0.550 e. The Hall–Kier alpha value is -2.14. The van der Waals surface area contributed by atoms with Crippen LogP contribution in [0.4, 0.5) is 5.69 Å². The SMILES string of the molecule is Cc1ccc(CC(CC(=O)Nc2ccc(C)c(Br)c2)C(=O)[O-])cc1. The van der Waals surface area contributed by atoms with Crippen molar-refractivity contribution in [3.63, 3.8) is 0 Å². The standard InChI is InChI=1S/C19H20BrNO3/c1-12-3-6-14(7-4-12)9-15(19(23)24)10-18(22)21-16-8-5-13(2)17(20)11-16/h3-8,11,15H,9-10H2,1-2H3,(H,21,22)(H,23,24)/p-1. The maximum atomic E-state index is 12.2. The van der Waals surface area contributed by atoms with Gasteiger partial charge in [0.2, 0.25) is 5.91 Å². The van der Waals surface area contributed by atoms with E-state index in [0.29, 0.717) is 5.69 Å². The van der Waals surface area contributed by atoms with Crippen LogP contribution in [-0.4, -0.2) is 11.9 Å². The smallest absolute Gasteiger partial charge is 0.225 e. The predicted molar refractivity (Wildman–Crippen MR) is 95.5 cm³/mol. The molecule has 1 unspecified atom stereocenters. The van der Waals surface area contributed by atoms with Crippen molar-refractivity contribution in [3.05, 3.63) is 63.6 Å². The van der Waals surface area contributed by atoms with Crippen LogP contribution in [0.25, 0.3) is 0 Å². The third-order valence-electron chi connectivity index (χ3n) is 3.82. The van der Waals surface area contributed by atoms with Gasteiger partial charge < -0.3 is 15.2 Å². The van der Waals surface area contributed by atoms with Gasteiger partial charge in [-0.25, -0.2) is 0 Å². The molecule has 1 N–H and O–H groups in total. The average molecular weight is 389 g/mol. The van der Waals surface area contributed by atoms with Crippen molar-refractivity contribution in [2.45, 2.75) is 26.7 Å². The molecule has 0 bridgehead atoms. The monoisotopic (exact) mass is 388 g/mol. The molecule has 0 aromatic heterocycles. The number of carboxylic acids is 1. The number of aryl methyl sites for hydroxylation is 2. The fraction of sp³-hybridized carbons (Fsp3) is 0.263. The lowest BCUT2D eigenvalue weighted by Crippen LogP contribution is -2.35. The predicted octanol–water partition coefficient (Wildman–Crippen LogP) is 3.00.